The predicted octanol–water partition coefficient (Wildman–Crippen LogP) is 2.32. The van der Waals surface area contributed by atoms with Crippen molar-refractivity contribution in [3.63, 3.8) is 0 Å². The molecule has 0 radical (unpaired) electrons. The van der Waals surface area contributed by atoms with Crippen LogP contribution in [0.25, 0.3) is 17.0 Å². The van der Waals surface area contributed by atoms with E-state index in [-0.39, 0.29) is 18.3 Å². The molecule has 8 heteroatoms. The van der Waals surface area contributed by atoms with E-state index in [1.165, 1.54) is 0 Å². The molecule has 0 aliphatic rings. The standard InChI is InChI=1S/C12H9BrN4O3/c1-2-19-12(18)10-15-11(20-16-10)7-4-3-5-17-9(7)8(13)6-14-17/h3-6H,2H2,1H3. The molecule has 0 fully saturated rings. The molecular formula is C12H9BrN4O3. The molecule has 3 heterocycles. The topological polar surface area (TPSA) is 82.5 Å². The molecule has 0 aliphatic heterocycles. The number of nitrogens with zero attached hydrogens (tertiary/aromatic N) is 4. The monoisotopic (exact) mass is 336 g/mol. The molecule has 3 rings (SSSR count). The van der Waals surface area contributed by atoms with Crippen LogP contribution < -0.4 is 0 Å². The first-order chi connectivity index (χ1) is 9.70. The second kappa shape index (κ2) is 5.04. The third-order valence-corrected chi connectivity index (χ3v) is 3.19. The van der Waals surface area contributed by atoms with Gasteiger partial charge in [0.05, 0.1) is 28.4 Å². The Morgan fingerprint density at radius 3 is 3.20 bits per heavy atom. The van der Waals surface area contributed by atoms with E-state index >= 15 is 0 Å². The number of fused-ring (bicyclic) bond motifs is 1. The van der Waals surface area contributed by atoms with Crippen molar-refractivity contribution in [2.45, 2.75) is 6.92 Å². The van der Waals surface area contributed by atoms with E-state index in [0.29, 0.717) is 5.56 Å². The molecule has 0 spiro atoms. The second-order valence-corrected chi connectivity index (χ2v) is 4.71. The van der Waals surface area contributed by atoms with E-state index in [1.54, 1.807) is 29.9 Å². The summed E-state index contributed by atoms with van der Waals surface area (Å²) < 4.78 is 12.4. The van der Waals surface area contributed by atoms with Gasteiger partial charge in [-0.05, 0) is 40.1 Å². The minimum Gasteiger partial charge on any atom is -0.460 e. The molecule has 0 bridgehead atoms. The van der Waals surface area contributed by atoms with Crippen LogP contribution in [0.15, 0.2) is 33.5 Å². The van der Waals surface area contributed by atoms with E-state index in [9.17, 15) is 4.79 Å². The van der Waals surface area contributed by atoms with Crippen molar-refractivity contribution >= 4 is 27.4 Å². The maximum absolute atomic E-state index is 11.5. The van der Waals surface area contributed by atoms with E-state index in [1.807, 2.05) is 6.07 Å². The van der Waals surface area contributed by atoms with E-state index in [4.69, 9.17) is 9.26 Å². The molecule has 0 saturated heterocycles. The zero-order chi connectivity index (χ0) is 14.1. The number of carbonyl (C=O) groups excluding carboxylic acids is 1. The number of carbonyl (C=O) groups is 1. The highest BCUT2D eigenvalue weighted by atomic mass is 79.9. The van der Waals surface area contributed by atoms with Crippen LogP contribution in [0.5, 0.6) is 0 Å². The fourth-order valence-electron chi connectivity index (χ4n) is 1.79. The zero-order valence-corrected chi connectivity index (χ0v) is 12.0. The van der Waals surface area contributed by atoms with Gasteiger partial charge >= 0.3 is 5.97 Å². The first-order valence-corrected chi connectivity index (χ1v) is 6.63. The van der Waals surface area contributed by atoms with Gasteiger partial charge in [0.2, 0.25) is 0 Å². The summed E-state index contributed by atoms with van der Waals surface area (Å²) in [6, 6.07) is 3.61. The Morgan fingerprint density at radius 1 is 1.55 bits per heavy atom. The van der Waals surface area contributed by atoms with Gasteiger partial charge in [0.1, 0.15) is 0 Å². The van der Waals surface area contributed by atoms with Crippen LogP contribution in [0, 0.1) is 0 Å². The van der Waals surface area contributed by atoms with E-state index in [2.05, 4.69) is 31.2 Å². The van der Waals surface area contributed by atoms with Crippen molar-refractivity contribution in [1.29, 1.82) is 0 Å². The van der Waals surface area contributed by atoms with Gasteiger partial charge < -0.3 is 9.26 Å². The number of pyridine rings is 1. The van der Waals surface area contributed by atoms with Crippen molar-refractivity contribution in [3.8, 4) is 11.5 Å². The summed E-state index contributed by atoms with van der Waals surface area (Å²) in [7, 11) is 0. The Balaban J connectivity index is 2.08. The Bertz CT molecular complexity index is 780. The van der Waals surface area contributed by atoms with Crippen LogP contribution in [-0.2, 0) is 4.74 Å². The molecule has 0 atom stereocenters. The Labute approximate surface area is 121 Å². The average Bonchev–Trinajstić information content (AvgIpc) is 3.07. The van der Waals surface area contributed by atoms with E-state index < -0.39 is 5.97 Å². The Hall–Kier alpha value is -2.22. The SMILES string of the molecule is CCOC(=O)c1noc(-c2cccn3ncc(Br)c23)n1. The van der Waals surface area contributed by atoms with Crippen LogP contribution in [0.1, 0.15) is 17.5 Å². The van der Waals surface area contributed by atoms with Crippen molar-refractivity contribution in [1.82, 2.24) is 19.8 Å². The summed E-state index contributed by atoms with van der Waals surface area (Å²) in [5, 5.41) is 7.79. The molecule has 3 aromatic heterocycles. The van der Waals surface area contributed by atoms with Crippen LogP contribution in [0.2, 0.25) is 0 Å². The fourth-order valence-corrected chi connectivity index (χ4v) is 2.28. The summed E-state index contributed by atoms with van der Waals surface area (Å²) in [4.78, 5) is 15.6. The lowest BCUT2D eigenvalue weighted by atomic mass is 10.2. The van der Waals surface area contributed by atoms with Gasteiger partial charge in [0.25, 0.3) is 11.7 Å². The molecule has 20 heavy (non-hydrogen) atoms. The fraction of sp³-hybridized carbons (Fsp3) is 0.167. The first kappa shape index (κ1) is 12.8. The van der Waals surface area contributed by atoms with Gasteiger partial charge in [0, 0.05) is 6.20 Å². The van der Waals surface area contributed by atoms with Gasteiger partial charge in [-0.3, -0.25) is 0 Å². The van der Waals surface area contributed by atoms with Crippen LogP contribution in [0.3, 0.4) is 0 Å². The average molecular weight is 337 g/mol. The molecule has 3 aromatic rings. The molecule has 102 valence electrons. The minimum absolute atomic E-state index is 0.0977. The quantitative estimate of drug-likeness (QED) is 0.682. The van der Waals surface area contributed by atoms with Gasteiger partial charge in [-0.2, -0.15) is 10.1 Å². The molecular weight excluding hydrogens is 328 g/mol. The maximum Gasteiger partial charge on any atom is 0.379 e. The molecule has 0 N–H and O–H groups in total. The highest BCUT2D eigenvalue weighted by Crippen LogP contribution is 2.28. The normalized spacial score (nSPS) is 10.9. The van der Waals surface area contributed by atoms with Crippen molar-refractivity contribution < 1.29 is 14.1 Å². The lowest BCUT2D eigenvalue weighted by Crippen LogP contribution is -2.06. The molecule has 0 aliphatic carbocycles. The van der Waals surface area contributed by atoms with Crippen molar-refractivity contribution in [2.24, 2.45) is 0 Å². The lowest BCUT2D eigenvalue weighted by molar-refractivity contribution is 0.0508. The summed E-state index contributed by atoms with van der Waals surface area (Å²) in [5.74, 6) is -0.471. The number of hydrogen-bond donors (Lipinski definition) is 0. The molecule has 0 saturated carbocycles. The highest BCUT2D eigenvalue weighted by molar-refractivity contribution is 9.10. The van der Waals surface area contributed by atoms with Gasteiger partial charge in [-0.1, -0.05) is 0 Å². The van der Waals surface area contributed by atoms with Crippen LogP contribution in [0.4, 0.5) is 0 Å². The van der Waals surface area contributed by atoms with Crippen LogP contribution >= 0.6 is 15.9 Å². The third-order valence-electron chi connectivity index (χ3n) is 2.61. The number of ether oxygens (including phenoxy) is 1. The molecule has 0 aromatic carbocycles. The second-order valence-electron chi connectivity index (χ2n) is 3.85. The summed E-state index contributed by atoms with van der Waals surface area (Å²) in [5.41, 5.74) is 1.46. The molecule has 0 amide bonds. The minimum atomic E-state index is -0.609. The molecule has 0 unspecified atom stereocenters. The van der Waals surface area contributed by atoms with Crippen molar-refractivity contribution in [3.05, 3.63) is 34.8 Å². The van der Waals surface area contributed by atoms with E-state index in [0.717, 1.165) is 9.99 Å². The Kier molecular flexibility index (Phi) is 3.23. The smallest absolute Gasteiger partial charge is 0.379 e. The number of aromatic nitrogens is 4. The summed E-state index contributed by atoms with van der Waals surface area (Å²) in [6.45, 7) is 1.97. The van der Waals surface area contributed by atoms with Crippen molar-refractivity contribution in [2.75, 3.05) is 6.61 Å². The lowest BCUT2D eigenvalue weighted by Gasteiger charge is -1.98. The zero-order valence-electron chi connectivity index (χ0n) is 10.4. The summed E-state index contributed by atoms with van der Waals surface area (Å²) >= 11 is 3.41. The van der Waals surface area contributed by atoms with Gasteiger partial charge in [-0.15, -0.1) is 0 Å². The third kappa shape index (κ3) is 2.07. The largest absolute Gasteiger partial charge is 0.460 e. The first-order valence-electron chi connectivity index (χ1n) is 5.83. The maximum atomic E-state index is 11.5. The number of halogens is 1. The highest BCUT2D eigenvalue weighted by Gasteiger charge is 2.19. The van der Waals surface area contributed by atoms with Gasteiger partial charge in [-0.25, -0.2) is 9.31 Å². The predicted molar refractivity (Wildman–Crippen MR) is 72.1 cm³/mol. The molecule has 7 nitrogen and oxygen atoms in total. The number of hydrogen-bond acceptors (Lipinski definition) is 6. The summed E-state index contributed by atoms with van der Waals surface area (Å²) in [6.07, 6.45) is 3.47. The Morgan fingerprint density at radius 2 is 2.40 bits per heavy atom. The van der Waals surface area contributed by atoms with Gasteiger partial charge in [0.15, 0.2) is 0 Å². The number of esters is 1. The van der Waals surface area contributed by atoms with Crippen LogP contribution in [-0.4, -0.2) is 32.3 Å². The number of rotatable bonds is 3.